The molecule has 0 aliphatic carbocycles. The Labute approximate surface area is 72.0 Å². The Morgan fingerprint density at radius 2 is 2.33 bits per heavy atom. The first-order valence-corrected chi connectivity index (χ1v) is 4.04. The van der Waals surface area contributed by atoms with Crippen molar-refractivity contribution in [2.24, 2.45) is 5.41 Å². The zero-order valence-electron chi connectivity index (χ0n) is 7.70. The van der Waals surface area contributed by atoms with Crippen LogP contribution >= 0.6 is 0 Å². The second-order valence-electron chi connectivity index (χ2n) is 3.77. The Balaban J connectivity index is 2.62. The van der Waals surface area contributed by atoms with Gasteiger partial charge in [0.1, 0.15) is 12.2 Å². The zero-order valence-corrected chi connectivity index (χ0v) is 7.70. The topological polar surface area (TPSA) is 61.8 Å². The molecule has 1 heterocycles. The summed E-state index contributed by atoms with van der Waals surface area (Å²) < 4.78 is 0. The Kier molecular flexibility index (Phi) is 2.47. The molecule has 1 aromatic rings. The molecule has 0 unspecified atom stereocenters. The molecule has 0 aliphatic rings. The molecule has 4 nitrogen and oxygen atoms in total. The third-order valence-corrected chi connectivity index (χ3v) is 2.22. The van der Waals surface area contributed by atoms with E-state index in [1.54, 1.807) is 6.92 Å². The zero-order chi connectivity index (χ0) is 9.19. The number of nitrogens with one attached hydrogen (secondary N) is 1. The molecule has 0 bridgehead atoms. The molecule has 1 aromatic heterocycles. The molecule has 12 heavy (non-hydrogen) atoms. The number of aliphatic hydroxyl groups is 1. The molecule has 1 rings (SSSR count). The van der Waals surface area contributed by atoms with Gasteiger partial charge in [0.15, 0.2) is 0 Å². The Hall–Kier alpha value is -0.900. The fourth-order valence-electron chi connectivity index (χ4n) is 0.895. The third kappa shape index (κ3) is 2.04. The molecule has 2 N–H and O–H groups in total. The summed E-state index contributed by atoms with van der Waals surface area (Å²) in [6.07, 6.45) is 1.85. The molecular formula is C8H15N3O. The van der Waals surface area contributed by atoms with Gasteiger partial charge >= 0.3 is 0 Å². The minimum atomic E-state index is -0.345. The van der Waals surface area contributed by atoms with Crippen molar-refractivity contribution in [3.05, 3.63) is 12.2 Å². The Morgan fingerprint density at radius 3 is 2.75 bits per heavy atom. The van der Waals surface area contributed by atoms with Crippen LogP contribution in [-0.4, -0.2) is 26.4 Å². The van der Waals surface area contributed by atoms with Crippen molar-refractivity contribution in [1.82, 2.24) is 15.2 Å². The normalized spacial score (nSPS) is 14.7. The van der Waals surface area contributed by atoms with E-state index in [4.69, 9.17) is 0 Å². The number of hydrogen-bond donors (Lipinski definition) is 2. The lowest BCUT2D eigenvalue weighted by Crippen LogP contribution is -2.29. The van der Waals surface area contributed by atoms with Gasteiger partial charge in [-0.25, -0.2) is 4.98 Å². The van der Waals surface area contributed by atoms with Crippen LogP contribution in [0.1, 0.15) is 26.6 Å². The van der Waals surface area contributed by atoms with Crippen LogP contribution in [0.25, 0.3) is 0 Å². The Bertz CT molecular complexity index is 228. The van der Waals surface area contributed by atoms with Gasteiger partial charge in [0.2, 0.25) is 0 Å². The van der Waals surface area contributed by atoms with Crippen molar-refractivity contribution >= 4 is 0 Å². The van der Waals surface area contributed by atoms with Gasteiger partial charge in [-0.05, 0) is 12.3 Å². The van der Waals surface area contributed by atoms with Crippen molar-refractivity contribution in [2.75, 3.05) is 0 Å². The van der Waals surface area contributed by atoms with E-state index in [0.29, 0.717) is 6.42 Å². The number of hydrogen-bond acceptors (Lipinski definition) is 3. The number of rotatable bonds is 3. The second kappa shape index (κ2) is 3.23. The van der Waals surface area contributed by atoms with E-state index in [2.05, 4.69) is 15.2 Å². The van der Waals surface area contributed by atoms with Crippen LogP contribution in [0, 0.1) is 5.41 Å². The molecule has 0 aromatic carbocycles. The van der Waals surface area contributed by atoms with Crippen LogP contribution in [-0.2, 0) is 6.42 Å². The summed E-state index contributed by atoms with van der Waals surface area (Å²) in [7, 11) is 0. The van der Waals surface area contributed by atoms with E-state index >= 15 is 0 Å². The minimum Gasteiger partial charge on any atom is -0.393 e. The second-order valence-corrected chi connectivity index (χ2v) is 3.77. The van der Waals surface area contributed by atoms with Crippen LogP contribution in [0.4, 0.5) is 0 Å². The third-order valence-electron chi connectivity index (χ3n) is 2.22. The molecule has 0 spiro atoms. The van der Waals surface area contributed by atoms with Gasteiger partial charge in [-0.3, -0.25) is 5.10 Å². The summed E-state index contributed by atoms with van der Waals surface area (Å²) in [5.41, 5.74) is -0.153. The van der Waals surface area contributed by atoms with E-state index in [0.717, 1.165) is 5.82 Å². The highest BCUT2D eigenvalue weighted by molar-refractivity contribution is 4.89. The van der Waals surface area contributed by atoms with Gasteiger partial charge in [0.05, 0.1) is 6.10 Å². The summed E-state index contributed by atoms with van der Waals surface area (Å²) in [6, 6.07) is 0. The number of aromatic nitrogens is 3. The maximum absolute atomic E-state index is 9.42. The van der Waals surface area contributed by atoms with Crippen molar-refractivity contribution in [1.29, 1.82) is 0 Å². The molecular weight excluding hydrogens is 154 g/mol. The van der Waals surface area contributed by atoms with Crippen molar-refractivity contribution in [3.63, 3.8) is 0 Å². The SMILES string of the molecule is C[C@H](O)C(C)(C)Cc1ncn[nH]1. The van der Waals surface area contributed by atoms with E-state index in [9.17, 15) is 5.11 Å². The largest absolute Gasteiger partial charge is 0.393 e. The van der Waals surface area contributed by atoms with Gasteiger partial charge in [0.25, 0.3) is 0 Å². The highest BCUT2D eigenvalue weighted by atomic mass is 16.3. The monoisotopic (exact) mass is 169 g/mol. The van der Waals surface area contributed by atoms with E-state index in [-0.39, 0.29) is 11.5 Å². The van der Waals surface area contributed by atoms with Crippen LogP contribution in [0.3, 0.4) is 0 Å². The van der Waals surface area contributed by atoms with Gasteiger partial charge in [-0.1, -0.05) is 13.8 Å². The molecule has 4 heteroatoms. The van der Waals surface area contributed by atoms with Crippen LogP contribution in [0.5, 0.6) is 0 Å². The predicted molar refractivity (Wildman–Crippen MR) is 45.5 cm³/mol. The fourth-order valence-corrected chi connectivity index (χ4v) is 0.895. The van der Waals surface area contributed by atoms with E-state index < -0.39 is 0 Å². The predicted octanol–water partition coefficient (Wildman–Crippen LogP) is 0.754. The molecule has 1 atom stereocenters. The average molecular weight is 169 g/mol. The fraction of sp³-hybridized carbons (Fsp3) is 0.750. The van der Waals surface area contributed by atoms with Crippen LogP contribution in [0.2, 0.25) is 0 Å². The first-order chi connectivity index (χ1) is 5.52. The van der Waals surface area contributed by atoms with Crippen molar-refractivity contribution in [3.8, 4) is 0 Å². The smallest absolute Gasteiger partial charge is 0.137 e. The average Bonchev–Trinajstić information content (AvgIpc) is 2.38. The number of aliphatic hydroxyl groups excluding tert-OH is 1. The summed E-state index contributed by atoms with van der Waals surface area (Å²) in [5, 5.41) is 15.9. The molecule has 0 amide bonds. The van der Waals surface area contributed by atoms with Gasteiger partial charge < -0.3 is 5.11 Å². The highest BCUT2D eigenvalue weighted by Gasteiger charge is 2.25. The maximum Gasteiger partial charge on any atom is 0.137 e. The molecule has 0 saturated heterocycles. The van der Waals surface area contributed by atoms with Crippen LogP contribution in [0.15, 0.2) is 6.33 Å². The van der Waals surface area contributed by atoms with E-state index in [1.807, 2.05) is 13.8 Å². The summed E-state index contributed by atoms with van der Waals surface area (Å²) in [6.45, 7) is 5.79. The summed E-state index contributed by atoms with van der Waals surface area (Å²) in [5.74, 6) is 0.820. The molecule has 0 aliphatic heterocycles. The molecule has 0 saturated carbocycles. The standard InChI is InChI=1S/C8H15N3O/c1-6(12)8(2,3)4-7-9-5-10-11-7/h5-6,12H,4H2,1-3H3,(H,9,10,11)/t6-/m0/s1. The quantitative estimate of drug-likeness (QED) is 0.702. The lowest BCUT2D eigenvalue weighted by Gasteiger charge is -2.26. The van der Waals surface area contributed by atoms with Gasteiger partial charge in [0, 0.05) is 6.42 Å². The first-order valence-electron chi connectivity index (χ1n) is 4.04. The minimum absolute atomic E-state index is 0.153. The lowest BCUT2D eigenvalue weighted by atomic mass is 9.84. The highest BCUT2D eigenvalue weighted by Crippen LogP contribution is 2.23. The first kappa shape index (κ1) is 9.19. The van der Waals surface area contributed by atoms with Crippen molar-refractivity contribution < 1.29 is 5.11 Å². The summed E-state index contributed by atoms with van der Waals surface area (Å²) >= 11 is 0. The van der Waals surface area contributed by atoms with Crippen LogP contribution < -0.4 is 0 Å². The maximum atomic E-state index is 9.42. The lowest BCUT2D eigenvalue weighted by molar-refractivity contribution is 0.0651. The van der Waals surface area contributed by atoms with Gasteiger partial charge in [-0.15, -0.1) is 0 Å². The summed E-state index contributed by atoms with van der Waals surface area (Å²) in [4.78, 5) is 4.01. The number of H-pyrrole nitrogens is 1. The molecule has 0 fully saturated rings. The molecule has 68 valence electrons. The van der Waals surface area contributed by atoms with E-state index in [1.165, 1.54) is 6.33 Å². The van der Waals surface area contributed by atoms with Gasteiger partial charge in [-0.2, -0.15) is 5.10 Å². The number of nitrogens with zero attached hydrogens (tertiary/aromatic N) is 2. The number of aromatic amines is 1. The Morgan fingerprint density at radius 1 is 1.67 bits per heavy atom. The molecule has 0 radical (unpaired) electrons. The van der Waals surface area contributed by atoms with Crippen molar-refractivity contribution in [2.45, 2.75) is 33.3 Å².